The highest BCUT2D eigenvalue weighted by molar-refractivity contribution is 7.46. The second-order valence-corrected chi connectivity index (χ2v) is 12.9. The number of likely N-dealkylation sites (tertiary alicyclic amines) is 1. The van der Waals surface area contributed by atoms with Crippen LogP contribution < -0.4 is 14.7 Å². The maximum absolute atomic E-state index is 14.1. The molecular weight excluding hydrogens is 629 g/mol. The largest absolute Gasteiger partial charge is 0.524 e. The Balaban J connectivity index is 0.00000193. The van der Waals surface area contributed by atoms with Crippen LogP contribution >= 0.6 is 7.82 Å². The lowest BCUT2D eigenvalue weighted by atomic mass is 9.85. The highest BCUT2D eigenvalue weighted by Crippen LogP contribution is 2.37. The van der Waals surface area contributed by atoms with E-state index < -0.39 is 31.2 Å². The van der Waals surface area contributed by atoms with Gasteiger partial charge in [0.2, 0.25) is 17.7 Å². The van der Waals surface area contributed by atoms with Crippen molar-refractivity contribution < 1.29 is 33.3 Å². The molecule has 0 spiro atoms. The summed E-state index contributed by atoms with van der Waals surface area (Å²) in [6.07, 6.45) is 4.00. The molecule has 3 aromatic carbocycles. The molecule has 0 radical (unpaired) electrons. The fourth-order valence-corrected chi connectivity index (χ4v) is 5.49. The van der Waals surface area contributed by atoms with Crippen LogP contribution in [-0.2, 0) is 25.5 Å². The van der Waals surface area contributed by atoms with E-state index in [0.717, 1.165) is 11.3 Å². The molecule has 1 aliphatic rings. The van der Waals surface area contributed by atoms with Gasteiger partial charge in [0, 0.05) is 18.3 Å². The lowest BCUT2D eigenvalue weighted by molar-refractivity contribution is -0.142. The predicted molar refractivity (Wildman–Crippen MR) is 191 cm³/mol. The number of nitrogens with zero attached hydrogens (tertiary/aromatic N) is 2. The summed E-state index contributed by atoms with van der Waals surface area (Å²) in [6.45, 7) is 14.3. The van der Waals surface area contributed by atoms with Gasteiger partial charge in [0.15, 0.2) is 0 Å². The predicted octanol–water partition coefficient (Wildman–Crippen LogP) is 6.98. The van der Waals surface area contributed by atoms with Crippen molar-refractivity contribution in [2.75, 3.05) is 11.4 Å². The van der Waals surface area contributed by atoms with Gasteiger partial charge in [0.25, 0.3) is 0 Å². The number of anilines is 1. The maximum atomic E-state index is 14.1. The minimum atomic E-state index is -4.67. The Morgan fingerprint density at radius 1 is 0.938 bits per heavy atom. The average Bonchev–Trinajstić information content (AvgIpc) is 3.57. The number of carbonyl (C=O) groups is 3. The van der Waals surface area contributed by atoms with Crippen LogP contribution in [0.15, 0.2) is 91.0 Å². The fraction of sp³-hybridized carbons (Fsp3) is 0.378. The van der Waals surface area contributed by atoms with Gasteiger partial charge in [0.1, 0.15) is 17.8 Å². The van der Waals surface area contributed by atoms with Gasteiger partial charge in [-0.25, -0.2) is 4.57 Å². The number of rotatable bonds is 10. The van der Waals surface area contributed by atoms with E-state index in [-0.39, 0.29) is 17.6 Å². The van der Waals surface area contributed by atoms with Crippen LogP contribution in [0.3, 0.4) is 0 Å². The number of phosphoric ester groups is 1. The third kappa shape index (κ3) is 12.1. The molecule has 3 aromatic rings. The molecule has 0 aromatic heterocycles. The number of hydrogen-bond donors (Lipinski definition) is 3. The van der Waals surface area contributed by atoms with Crippen molar-refractivity contribution in [3.63, 3.8) is 0 Å². The van der Waals surface area contributed by atoms with E-state index >= 15 is 0 Å². The molecule has 10 nitrogen and oxygen atoms in total. The summed E-state index contributed by atoms with van der Waals surface area (Å²) in [4.78, 5) is 62.3. The smallest absolute Gasteiger partial charge is 0.404 e. The minimum Gasteiger partial charge on any atom is -0.404 e. The molecule has 0 saturated carbocycles. The second kappa shape index (κ2) is 18.9. The van der Waals surface area contributed by atoms with Crippen LogP contribution in [0.5, 0.6) is 5.75 Å². The summed E-state index contributed by atoms with van der Waals surface area (Å²) in [5.41, 5.74) is 1.65. The van der Waals surface area contributed by atoms with E-state index in [1.807, 2.05) is 109 Å². The third-order valence-corrected chi connectivity index (χ3v) is 7.72. The van der Waals surface area contributed by atoms with E-state index in [1.54, 1.807) is 9.80 Å². The normalized spacial score (nSPS) is 14.9. The van der Waals surface area contributed by atoms with E-state index in [2.05, 4.69) is 9.84 Å². The maximum Gasteiger partial charge on any atom is 0.524 e. The Morgan fingerprint density at radius 3 is 2.04 bits per heavy atom. The summed E-state index contributed by atoms with van der Waals surface area (Å²) in [5, 5.41) is 2.84. The first-order chi connectivity index (χ1) is 22.8. The Labute approximate surface area is 285 Å². The van der Waals surface area contributed by atoms with Crippen molar-refractivity contribution in [3.8, 4) is 5.75 Å². The molecular formula is C37H50N3O7P. The number of hydrogen-bond acceptors (Lipinski definition) is 5. The number of carbonyl (C=O) groups excluding carboxylic acids is 3. The lowest BCUT2D eigenvalue weighted by Gasteiger charge is -2.36. The number of amides is 3. The van der Waals surface area contributed by atoms with Crippen LogP contribution in [0.25, 0.3) is 6.08 Å². The molecule has 4 rings (SSSR count). The van der Waals surface area contributed by atoms with Gasteiger partial charge in [-0.05, 0) is 59.7 Å². The van der Waals surface area contributed by atoms with Crippen LogP contribution in [0.4, 0.5) is 5.69 Å². The van der Waals surface area contributed by atoms with Gasteiger partial charge >= 0.3 is 7.82 Å². The third-order valence-electron chi connectivity index (χ3n) is 7.27. The van der Waals surface area contributed by atoms with E-state index in [0.29, 0.717) is 31.5 Å². The van der Waals surface area contributed by atoms with Crippen LogP contribution in [0.1, 0.15) is 72.4 Å². The molecule has 48 heavy (non-hydrogen) atoms. The van der Waals surface area contributed by atoms with Gasteiger partial charge in [0.05, 0.1) is 6.54 Å². The molecule has 0 unspecified atom stereocenters. The molecule has 3 amide bonds. The Hall–Kier alpha value is -4.24. The molecule has 2 atom stereocenters. The van der Waals surface area contributed by atoms with Crippen molar-refractivity contribution in [2.24, 2.45) is 5.41 Å². The van der Waals surface area contributed by atoms with E-state index in [9.17, 15) is 18.9 Å². The highest BCUT2D eigenvalue weighted by atomic mass is 31.2. The van der Waals surface area contributed by atoms with Crippen molar-refractivity contribution >= 4 is 37.3 Å². The molecule has 1 fully saturated rings. The Bertz CT molecular complexity index is 1520. The number of nitrogens with one attached hydrogen (secondary N) is 1. The zero-order chi connectivity index (χ0) is 35.9. The molecule has 0 bridgehead atoms. The molecule has 1 saturated heterocycles. The number of para-hydroxylation sites is 1. The average molecular weight is 680 g/mol. The van der Waals surface area contributed by atoms with Crippen molar-refractivity contribution in [3.05, 3.63) is 102 Å². The highest BCUT2D eigenvalue weighted by Gasteiger charge is 2.43. The zero-order valence-corrected chi connectivity index (χ0v) is 29.9. The fourth-order valence-electron chi connectivity index (χ4n) is 5.09. The summed E-state index contributed by atoms with van der Waals surface area (Å²) >= 11 is 0. The Kier molecular flexibility index (Phi) is 15.8. The van der Waals surface area contributed by atoms with Gasteiger partial charge in [-0.15, -0.1) is 0 Å². The number of benzene rings is 3. The molecule has 260 valence electrons. The minimum absolute atomic E-state index is 0.0114. The van der Waals surface area contributed by atoms with E-state index in [4.69, 9.17) is 9.79 Å². The van der Waals surface area contributed by atoms with E-state index in [1.165, 1.54) is 36.4 Å². The zero-order valence-electron chi connectivity index (χ0n) is 29.0. The standard InChI is InChI=1S/C33H38N3O7P.2C2H6/c1-33(2,3)30(34-29(37)21-18-24-16-19-27(20-17-24)43-44(40,41)42)32(39)35-22-10-15-28(35)31(38)36(26-13-8-5-9-14-26)23-25-11-6-4-7-12-25;2*1-2/h4-9,11-14,16-21,28,30H,10,15,22-23H2,1-3H3,(H,34,37)(H2,40,41,42);2*1-2H3/b21-18+;;/t28-,30+;;/m0../s1. The van der Waals surface area contributed by atoms with Crippen molar-refractivity contribution in [2.45, 2.75) is 79.9 Å². The quantitative estimate of drug-likeness (QED) is 0.155. The van der Waals surface area contributed by atoms with Crippen molar-refractivity contribution in [1.82, 2.24) is 10.2 Å². The van der Waals surface area contributed by atoms with Gasteiger partial charge in [-0.3, -0.25) is 24.2 Å². The van der Waals surface area contributed by atoms with Crippen LogP contribution in [0, 0.1) is 5.41 Å². The van der Waals surface area contributed by atoms with Crippen molar-refractivity contribution in [1.29, 1.82) is 0 Å². The van der Waals surface area contributed by atoms with Gasteiger partial charge < -0.3 is 19.6 Å². The summed E-state index contributed by atoms with van der Waals surface area (Å²) in [5.74, 6) is -0.994. The number of phosphoric acid groups is 1. The summed E-state index contributed by atoms with van der Waals surface area (Å²) in [6, 6.07) is 23.4. The molecule has 11 heteroatoms. The molecule has 3 N–H and O–H groups in total. The van der Waals surface area contributed by atoms with Crippen LogP contribution in [0.2, 0.25) is 0 Å². The lowest BCUT2D eigenvalue weighted by Crippen LogP contribution is -2.57. The second-order valence-electron chi connectivity index (χ2n) is 11.7. The molecule has 0 aliphatic carbocycles. The van der Waals surface area contributed by atoms with Crippen LogP contribution in [-0.4, -0.2) is 51.0 Å². The summed E-state index contributed by atoms with van der Waals surface area (Å²) in [7, 11) is -4.67. The van der Waals surface area contributed by atoms with Gasteiger partial charge in [-0.2, -0.15) is 0 Å². The molecule has 1 heterocycles. The Morgan fingerprint density at radius 2 is 1.50 bits per heavy atom. The van der Waals surface area contributed by atoms with Gasteiger partial charge in [-0.1, -0.05) is 109 Å². The molecule has 1 aliphatic heterocycles. The first-order valence-electron chi connectivity index (χ1n) is 16.4. The first kappa shape index (κ1) is 39.9. The topological polar surface area (TPSA) is 136 Å². The first-order valence-corrected chi connectivity index (χ1v) is 17.9. The summed E-state index contributed by atoms with van der Waals surface area (Å²) < 4.78 is 15.6. The SMILES string of the molecule is CC.CC.CC(C)(C)[C@H](NC(=O)/C=C/c1ccc(OP(=O)(O)O)cc1)C(=O)N1CCC[C@H]1C(=O)N(Cc1ccccc1)c1ccccc1. The monoisotopic (exact) mass is 679 g/mol.